The minimum absolute atomic E-state index is 0.164. The second-order valence-electron chi connectivity index (χ2n) is 5.40. The molecule has 0 amide bonds. The van der Waals surface area contributed by atoms with Crippen molar-refractivity contribution in [1.82, 2.24) is 0 Å². The smallest absolute Gasteiger partial charge is 0.179 e. The van der Waals surface area contributed by atoms with Gasteiger partial charge >= 0.3 is 0 Å². The van der Waals surface area contributed by atoms with Crippen LogP contribution in [0.4, 0.5) is 0 Å². The van der Waals surface area contributed by atoms with Crippen LogP contribution in [0.1, 0.15) is 18.6 Å². The Kier molecular flexibility index (Phi) is 5.16. The van der Waals surface area contributed by atoms with Crippen LogP contribution in [-0.4, -0.2) is 19.3 Å². The maximum Gasteiger partial charge on any atom is 0.179 e. The first-order chi connectivity index (χ1) is 10.4. The second-order valence-corrected chi connectivity index (χ2v) is 7.44. The zero-order valence-electron chi connectivity index (χ0n) is 12.5. The van der Waals surface area contributed by atoms with Crippen molar-refractivity contribution < 1.29 is 13.5 Å². The van der Waals surface area contributed by atoms with E-state index >= 15 is 0 Å². The molecule has 0 unspecified atom stereocenters. The minimum Gasteiger partial charge on any atom is -0.388 e. The fourth-order valence-corrected chi connectivity index (χ4v) is 4.05. The number of hydrogen-bond donors (Lipinski definition) is 1. The Morgan fingerprint density at radius 3 is 2.05 bits per heavy atom. The molecular formula is C18H20O3S. The molecule has 0 saturated heterocycles. The average Bonchev–Trinajstić information content (AvgIpc) is 2.53. The van der Waals surface area contributed by atoms with E-state index in [9.17, 15) is 13.5 Å². The van der Waals surface area contributed by atoms with Crippen molar-refractivity contribution in [2.45, 2.75) is 17.9 Å². The Morgan fingerprint density at radius 2 is 1.55 bits per heavy atom. The highest BCUT2D eigenvalue weighted by molar-refractivity contribution is 7.91. The normalized spacial score (nSPS) is 14.3. The number of sulfone groups is 1. The predicted molar refractivity (Wildman–Crippen MR) is 88.2 cm³/mol. The summed E-state index contributed by atoms with van der Waals surface area (Å²) in [6.45, 7) is 5.60. The largest absolute Gasteiger partial charge is 0.388 e. The molecule has 0 saturated carbocycles. The molecule has 1 N–H and O–H groups in total. The number of aliphatic hydroxyl groups is 1. The van der Waals surface area contributed by atoms with E-state index in [4.69, 9.17) is 0 Å². The molecule has 2 atom stereocenters. The molecule has 0 aliphatic heterocycles. The molecule has 0 spiro atoms. The molecule has 0 bridgehead atoms. The standard InChI is InChI=1S/C18H20O3S/c1-14(2)17(18(19)15-9-5-3-6-10-15)13-22(20,21)16-11-7-4-8-12-16/h3-12,17-19H,1,13H2,2H3/t17-,18+/m1/s1. The molecule has 22 heavy (non-hydrogen) atoms. The van der Waals surface area contributed by atoms with Crippen LogP contribution >= 0.6 is 0 Å². The molecule has 0 fully saturated rings. The molecule has 2 aromatic carbocycles. The summed E-state index contributed by atoms with van der Waals surface area (Å²) in [4.78, 5) is 0.265. The first kappa shape index (κ1) is 16.5. The highest BCUT2D eigenvalue weighted by atomic mass is 32.2. The van der Waals surface area contributed by atoms with Crippen LogP contribution in [0.15, 0.2) is 77.7 Å². The van der Waals surface area contributed by atoms with E-state index in [-0.39, 0.29) is 10.6 Å². The Morgan fingerprint density at radius 1 is 1.05 bits per heavy atom. The summed E-state index contributed by atoms with van der Waals surface area (Å²) in [6, 6.07) is 17.4. The van der Waals surface area contributed by atoms with E-state index in [1.54, 1.807) is 49.4 Å². The van der Waals surface area contributed by atoms with Crippen LogP contribution < -0.4 is 0 Å². The zero-order chi connectivity index (χ0) is 16.2. The molecule has 0 radical (unpaired) electrons. The van der Waals surface area contributed by atoms with Gasteiger partial charge in [0.25, 0.3) is 0 Å². The predicted octanol–water partition coefficient (Wildman–Crippen LogP) is 3.39. The Bertz CT molecular complexity index is 721. The van der Waals surface area contributed by atoms with E-state index in [2.05, 4.69) is 6.58 Å². The van der Waals surface area contributed by atoms with Crippen LogP contribution in [0.2, 0.25) is 0 Å². The fourth-order valence-electron chi connectivity index (χ4n) is 2.35. The number of rotatable bonds is 6. The first-order valence-electron chi connectivity index (χ1n) is 7.08. The van der Waals surface area contributed by atoms with Crippen LogP contribution in [-0.2, 0) is 9.84 Å². The summed E-state index contributed by atoms with van der Waals surface area (Å²) >= 11 is 0. The van der Waals surface area contributed by atoms with Crippen LogP contribution in [0.5, 0.6) is 0 Å². The van der Waals surface area contributed by atoms with E-state index in [1.807, 2.05) is 18.2 Å². The highest BCUT2D eigenvalue weighted by Crippen LogP contribution is 2.30. The van der Waals surface area contributed by atoms with Gasteiger partial charge in [-0.15, -0.1) is 0 Å². The van der Waals surface area contributed by atoms with Crippen molar-refractivity contribution in [2.75, 3.05) is 5.75 Å². The molecule has 2 aromatic rings. The van der Waals surface area contributed by atoms with Gasteiger partial charge in [0.1, 0.15) is 0 Å². The highest BCUT2D eigenvalue weighted by Gasteiger charge is 2.28. The van der Waals surface area contributed by atoms with Crippen molar-refractivity contribution in [3.63, 3.8) is 0 Å². The van der Waals surface area contributed by atoms with Gasteiger partial charge in [-0.2, -0.15) is 0 Å². The molecule has 0 aliphatic rings. The summed E-state index contributed by atoms with van der Waals surface area (Å²) in [6.07, 6.45) is -0.891. The molecule has 0 aromatic heterocycles. The number of benzene rings is 2. The molecule has 2 rings (SSSR count). The maximum absolute atomic E-state index is 12.5. The van der Waals surface area contributed by atoms with Gasteiger partial charge in [-0.1, -0.05) is 60.7 Å². The molecule has 3 nitrogen and oxygen atoms in total. The summed E-state index contributed by atoms with van der Waals surface area (Å²) in [5.41, 5.74) is 1.34. The zero-order valence-corrected chi connectivity index (χ0v) is 13.3. The monoisotopic (exact) mass is 316 g/mol. The van der Waals surface area contributed by atoms with E-state index in [0.29, 0.717) is 11.1 Å². The lowest BCUT2D eigenvalue weighted by Gasteiger charge is -2.23. The van der Waals surface area contributed by atoms with Gasteiger partial charge in [0, 0.05) is 5.92 Å². The van der Waals surface area contributed by atoms with Gasteiger partial charge < -0.3 is 5.11 Å². The summed E-state index contributed by atoms with van der Waals surface area (Å²) in [5.74, 6) is -0.713. The molecule has 116 valence electrons. The summed E-state index contributed by atoms with van der Waals surface area (Å²) in [7, 11) is -3.48. The second kappa shape index (κ2) is 6.90. The Labute approximate surface area is 131 Å². The maximum atomic E-state index is 12.5. The third-order valence-corrected chi connectivity index (χ3v) is 5.44. The number of aliphatic hydroxyl groups excluding tert-OH is 1. The lowest BCUT2D eigenvalue weighted by molar-refractivity contribution is 0.136. The van der Waals surface area contributed by atoms with Crippen LogP contribution in [0, 0.1) is 5.92 Å². The third kappa shape index (κ3) is 3.84. The van der Waals surface area contributed by atoms with E-state index in [1.165, 1.54) is 0 Å². The van der Waals surface area contributed by atoms with Gasteiger partial charge in [0.2, 0.25) is 0 Å². The van der Waals surface area contributed by atoms with Gasteiger partial charge in [0.15, 0.2) is 9.84 Å². The summed E-state index contributed by atoms with van der Waals surface area (Å²) in [5, 5.41) is 10.5. The quantitative estimate of drug-likeness (QED) is 0.831. The van der Waals surface area contributed by atoms with Crippen molar-refractivity contribution in [1.29, 1.82) is 0 Å². The van der Waals surface area contributed by atoms with Gasteiger partial charge in [-0.25, -0.2) is 8.42 Å². The van der Waals surface area contributed by atoms with E-state index < -0.39 is 21.9 Å². The Balaban J connectivity index is 2.28. The molecule has 0 aliphatic carbocycles. The molecular weight excluding hydrogens is 296 g/mol. The SMILES string of the molecule is C=C(C)[C@@H](CS(=O)(=O)c1ccccc1)[C@@H](O)c1ccccc1. The average molecular weight is 316 g/mol. The fraction of sp³-hybridized carbons (Fsp3) is 0.222. The minimum atomic E-state index is -3.48. The Hall–Kier alpha value is -1.91. The van der Waals surface area contributed by atoms with Gasteiger partial charge in [-0.3, -0.25) is 0 Å². The van der Waals surface area contributed by atoms with E-state index in [0.717, 1.165) is 0 Å². The molecule has 4 heteroatoms. The third-order valence-electron chi connectivity index (χ3n) is 3.66. The lowest BCUT2D eigenvalue weighted by Crippen LogP contribution is -2.23. The van der Waals surface area contributed by atoms with Crippen LogP contribution in [0.3, 0.4) is 0 Å². The van der Waals surface area contributed by atoms with Crippen molar-refractivity contribution in [3.05, 3.63) is 78.4 Å². The summed E-state index contributed by atoms with van der Waals surface area (Å²) < 4.78 is 25.1. The molecule has 0 heterocycles. The number of hydrogen-bond acceptors (Lipinski definition) is 3. The van der Waals surface area contributed by atoms with Crippen molar-refractivity contribution in [3.8, 4) is 0 Å². The van der Waals surface area contributed by atoms with Crippen LogP contribution in [0.25, 0.3) is 0 Å². The van der Waals surface area contributed by atoms with Crippen molar-refractivity contribution >= 4 is 9.84 Å². The van der Waals surface area contributed by atoms with Gasteiger partial charge in [-0.05, 0) is 24.6 Å². The lowest BCUT2D eigenvalue weighted by atomic mass is 9.92. The first-order valence-corrected chi connectivity index (χ1v) is 8.73. The van der Waals surface area contributed by atoms with Crippen molar-refractivity contribution in [2.24, 2.45) is 5.92 Å². The topological polar surface area (TPSA) is 54.4 Å². The van der Waals surface area contributed by atoms with Gasteiger partial charge in [0.05, 0.1) is 16.8 Å².